The summed E-state index contributed by atoms with van der Waals surface area (Å²) in [5, 5.41) is 17.5. The van der Waals surface area contributed by atoms with Gasteiger partial charge in [-0.3, -0.25) is 14.4 Å². The molecular weight excluding hydrogens is 240 g/mol. The van der Waals surface area contributed by atoms with E-state index in [-0.39, 0.29) is 6.61 Å². The standard InChI is InChI=1S/C12H20O6/c1-3-4-5-6-18-12(17)8(2)9(11(15)16)7-10(13)14/h8-9H,3-7H2,1-2H3,(H,13,14)(H,15,16). The predicted molar refractivity (Wildman–Crippen MR) is 63.0 cm³/mol. The number of esters is 1. The third-order valence-corrected chi connectivity index (χ3v) is 2.68. The van der Waals surface area contributed by atoms with Gasteiger partial charge in [-0.1, -0.05) is 26.7 Å². The normalized spacial score (nSPS) is 13.7. The van der Waals surface area contributed by atoms with Gasteiger partial charge >= 0.3 is 17.9 Å². The number of ether oxygens (including phenoxy) is 1. The van der Waals surface area contributed by atoms with Crippen LogP contribution < -0.4 is 0 Å². The van der Waals surface area contributed by atoms with Crippen LogP contribution in [-0.4, -0.2) is 34.7 Å². The van der Waals surface area contributed by atoms with Crippen LogP contribution in [0.4, 0.5) is 0 Å². The van der Waals surface area contributed by atoms with Crippen LogP contribution in [0.15, 0.2) is 0 Å². The fourth-order valence-corrected chi connectivity index (χ4v) is 1.49. The van der Waals surface area contributed by atoms with E-state index in [0.717, 1.165) is 19.3 Å². The van der Waals surface area contributed by atoms with E-state index in [2.05, 4.69) is 0 Å². The van der Waals surface area contributed by atoms with Gasteiger partial charge in [-0.15, -0.1) is 0 Å². The van der Waals surface area contributed by atoms with Gasteiger partial charge < -0.3 is 14.9 Å². The SMILES string of the molecule is CCCCCOC(=O)C(C)C(CC(=O)O)C(=O)O. The van der Waals surface area contributed by atoms with Gasteiger partial charge in [0.2, 0.25) is 0 Å². The van der Waals surface area contributed by atoms with Crippen molar-refractivity contribution in [3.8, 4) is 0 Å². The quantitative estimate of drug-likeness (QED) is 0.481. The first-order valence-corrected chi connectivity index (χ1v) is 6.01. The average Bonchev–Trinajstić information content (AvgIpc) is 2.30. The van der Waals surface area contributed by atoms with Gasteiger partial charge in [0, 0.05) is 0 Å². The molecule has 2 N–H and O–H groups in total. The first-order valence-electron chi connectivity index (χ1n) is 6.01. The molecule has 18 heavy (non-hydrogen) atoms. The first kappa shape index (κ1) is 16.4. The summed E-state index contributed by atoms with van der Waals surface area (Å²) in [6.07, 6.45) is 2.06. The summed E-state index contributed by atoms with van der Waals surface area (Å²) in [6.45, 7) is 3.64. The van der Waals surface area contributed by atoms with Crippen LogP contribution in [0, 0.1) is 11.8 Å². The Morgan fingerprint density at radius 2 is 1.78 bits per heavy atom. The molecule has 0 aromatic rings. The number of rotatable bonds is 9. The molecule has 0 aliphatic rings. The average molecular weight is 260 g/mol. The zero-order valence-corrected chi connectivity index (χ0v) is 10.7. The predicted octanol–water partition coefficient (Wildman–Crippen LogP) is 1.53. The summed E-state index contributed by atoms with van der Waals surface area (Å²) in [5.74, 6) is -5.40. The van der Waals surface area contributed by atoms with E-state index in [1.165, 1.54) is 6.92 Å². The Kier molecular flexibility index (Phi) is 7.74. The molecule has 0 bridgehead atoms. The van der Waals surface area contributed by atoms with E-state index in [1.807, 2.05) is 6.92 Å². The monoisotopic (exact) mass is 260 g/mol. The maximum atomic E-state index is 11.6. The molecule has 6 heteroatoms. The molecule has 0 rings (SSSR count). The summed E-state index contributed by atoms with van der Waals surface area (Å²) >= 11 is 0. The second kappa shape index (κ2) is 8.49. The number of aliphatic carboxylic acids is 2. The number of carboxylic acids is 2. The van der Waals surface area contributed by atoms with Crippen molar-refractivity contribution in [1.82, 2.24) is 0 Å². The van der Waals surface area contributed by atoms with Crippen molar-refractivity contribution in [3.63, 3.8) is 0 Å². The lowest BCUT2D eigenvalue weighted by Gasteiger charge is -2.17. The van der Waals surface area contributed by atoms with Gasteiger partial charge in [-0.05, 0) is 6.42 Å². The Hall–Kier alpha value is -1.59. The second-order valence-electron chi connectivity index (χ2n) is 4.21. The van der Waals surface area contributed by atoms with Gasteiger partial charge in [0.1, 0.15) is 0 Å². The molecule has 0 aliphatic carbocycles. The van der Waals surface area contributed by atoms with E-state index in [1.54, 1.807) is 0 Å². The Morgan fingerprint density at radius 1 is 1.17 bits per heavy atom. The molecule has 0 spiro atoms. The van der Waals surface area contributed by atoms with Crippen molar-refractivity contribution >= 4 is 17.9 Å². The van der Waals surface area contributed by atoms with Crippen LogP contribution in [-0.2, 0) is 19.1 Å². The van der Waals surface area contributed by atoms with Crippen LogP contribution in [0.3, 0.4) is 0 Å². The Bertz CT molecular complexity index is 299. The molecule has 0 heterocycles. The van der Waals surface area contributed by atoms with E-state index in [9.17, 15) is 14.4 Å². The summed E-state index contributed by atoms with van der Waals surface area (Å²) in [5.41, 5.74) is 0. The highest BCUT2D eigenvalue weighted by molar-refractivity contribution is 5.84. The highest BCUT2D eigenvalue weighted by atomic mass is 16.5. The van der Waals surface area contributed by atoms with Crippen molar-refractivity contribution in [2.24, 2.45) is 11.8 Å². The third kappa shape index (κ3) is 6.22. The maximum Gasteiger partial charge on any atom is 0.309 e. The van der Waals surface area contributed by atoms with Crippen molar-refractivity contribution in [2.45, 2.75) is 39.5 Å². The summed E-state index contributed by atoms with van der Waals surface area (Å²) in [6, 6.07) is 0. The lowest BCUT2D eigenvalue weighted by molar-refractivity contribution is -0.159. The number of carbonyl (C=O) groups is 3. The first-order chi connectivity index (χ1) is 8.40. The largest absolute Gasteiger partial charge is 0.481 e. The fourth-order valence-electron chi connectivity index (χ4n) is 1.49. The lowest BCUT2D eigenvalue weighted by Crippen LogP contribution is -2.31. The second-order valence-corrected chi connectivity index (χ2v) is 4.21. The minimum absolute atomic E-state index is 0.246. The zero-order chi connectivity index (χ0) is 14.1. The summed E-state index contributed by atoms with van der Waals surface area (Å²) < 4.78 is 4.92. The van der Waals surface area contributed by atoms with Crippen molar-refractivity contribution in [1.29, 1.82) is 0 Å². The van der Waals surface area contributed by atoms with Gasteiger partial charge in [-0.2, -0.15) is 0 Å². The number of carboxylic acid groups (broad SMARTS) is 2. The smallest absolute Gasteiger partial charge is 0.309 e. The highest BCUT2D eigenvalue weighted by Gasteiger charge is 2.33. The van der Waals surface area contributed by atoms with Gasteiger partial charge in [-0.25, -0.2) is 0 Å². The van der Waals surface area contributed by atoms with Crippen LogP contribution in [0.1, 0.15) is 39.5 Å². The minimum atomic E-state index is -1.30. The van der Waals surface area contributed by atoms with E-state index in [0.29, 0.717) is 0 Å². The minimum Gasteiger partial charge on any atom is -0.481 e. The van der Waals surface area contributed by atoms with E-state index < -0.39 is 36.2 Å². The van der Waals surface area contributed by atoms with E-state index >= 15 is 0 Å². The van der Waals surface area contributed by atoms with Gasteiger partial charge in [0.05, 0.1) is 24.9 Å². The summed E-state index contributed by atoms with van der Waals surface area (Å²) in [7, 11) is 0. The molecule has 0 amide bonds. The van der Waals surface area contributed by atoms with Crippen molar-refractivity contribution in [2.75, 3.05) is 6.61 Å². The van der Waals surface area contributed by atoms with E-state index in [4.69, 9.17) is 14.9 Å². The molecule has 0 radical (unpaired) electrons. The Labute approximate surface area is 106 Å². The van der Waals surface area contributed by atoms with Crippen LogP contribution >= 0.6 is 0 Å². The molecule has 0 saturated carbocycles. The maximum absolute atomic E-state index is 11.6. The molecule has 0 fully saturated rings. The molecular formula is C12H20O6. The third-order valence-electron chi connectivity index (χ3n) is 2.68. The zero-order valence-electron chi connectivity index (χ0n) is 10.7. The van der Waals surface area contributed by atoms with Gasteiger partial charge in [0.15, 0.2) is 0 Å². The molecule has 2 unspecified atom stereocenters. The molecule has 6 nitrogen and oxygen atoms in total. The Balaban J connectivity index is 4.29. The molecule has 2 atom stereocenters. The highest BCUT2D eigenvalue weighted by Crippen LogP contribution is 2.18. The topological polar surface area (TPSA) is 101 Å². The number of hydrogen-bond acceptors (Lipinski definition) is 4. The number of unbranched alkanes of at least 4 members (excludes halogenated alkanes) is 2. The number of carbonyl (C=O) groups excluding carboxylic acids is 1. The summed E-state index contributed by atoms with van der Waals surface area (Å²) in [4.78, 5) is 33.0. The molecule has 0 aliphatic heterocycles. The molecule has 0 saturated heterocycles. The van der Waals surface area contributed by atoms with Crippen LogP contribution in [0.2, 0.25) is 0 Å². The van der Waals surface area contributed by atoms with Crippen LogP contribution in [0.5, 0.6) is 0 Å². The van der Waals surface area contributed by atoms with Gasteiger partial charge in [0.25, 0.3) is 0 Å². The fraction of sp³-hybridized carbons (Fsp3) is 0.750. The van der Waals surface area contributed by atoms with Crippen molar-refractivity contribution < 1.29 is 29.3 Å². The Morgan fingerprint density at radius 3 is 2.22 bits per heavy atom. The molecule has 104 valence electrons. The van der Waals surface area contributed by atoms with Crippen LogP contribution in [0.25, 0.3) is 0 Å². The lowest BCUT2D eigenvalue weighted by atomic mass is 9.91. The molecule has 0 aromatic carbocycles. The number of hydrogen-bond donors (Lipinski definition) is 2. The van der Waals surface area contributed by atoms with Crippen molar-refractivity contribution in [3.05, 3.63) is 0 Å². The molecule has 0 aromatic heterocycles.